The standard InChI is InChI=1S/C43H80N2O/c1-6-8-10-12-14-16-18-20-22-24-26-28-30-32-34-36-41-45(46-43(3)39-38-40-44(4)5)42-37-35-33-31-29-27-25-23-21-19-17-15-13-11-9-7-2/h14-17,20-23H,3,6-13,18-19,24-42H2,1-2,4-5H3/b16-14-,17-15-,22-20-,23-21-. The molecule has 0 bridgehead atoms. The normalized spacial score (nSPS) is 12.4. The van der Waals surface area contributed by atoms with Gasteiger partial charge in [-0.25, -0.2) is 0 Å². The topological polar surface area (TPSA) is 15.7 Å². The minimum atomic E-state index is 0.932. The summed E-state index contributed by atoms with van der Waals surface area (Å²) in [4.78, 5) is 8.51. The lowest BCUT2D eigenvalue weighted by Gasteiger charge is -2.24. The molecule has 46 heavy (non-hydrogen) atoms. The highest BCUT2D eigenvalue weighted by molar-refractivity contribution is 4.93. The van der Waals surface area contributed by atoms with Crippen LogP contribution < -0.4 is 0 Å². The predicted molar refractivity (Wildman–Crippen MR) is 208 cm³/mol. The van der Waals surface area contributed by atoms with Gasteiger partial charge in [0.25, 0.3) is 0 Å². The molecule has 0 aromatic rings. The lowest BCUT2D eigenvalue weighted by atomic mass is 10.1. The SMILES string of the molecule is C=C(CCCN(C)C)ON(CCCCCCCC/C=C\C/C=C\CCCCC)CCCCCCCC/C=C\C/C=C\CCCCC. The monoisotopic (exact) mass is 641 g/mol. The molecule has 0 saturated heterocycles. The summed E-state index contributed by atoms with van der Waals surface area (Å²) in [6.45, 7) is 11.9. The number of allylic oxidation sites excluding steroid dienone is 9. The summed E-state index contributed by atoms with van der Waals surface area (Å²) in [6, 6.07) is 0. The molecule has 0 saturated carbocycles. The van der Waals surface area contributed by atoms with Crippen molar-refractivity contribution in [2.75, 3.05) is 33.7 Å². The Morgan fingerprint density at radius 2 is 0.826 bits per heavy atom. The van der Waals surface area contributed by atoms with Crippen LogP contribution in [0, 0.1) is 0 Å². The summed E-state index contributed by atoms with van der Waals surface area (Å²) in [6.07, 6.45) is 51.8. The van der Waals surface area contributed by atoms with Crippen molar-refractivity contribution in [3.8, 4) is 0 Å². The van der Waals surface area contributed by atoms with Crippen molar-refractivity contribution in [2.45, 2.75) is 181 Å². The van der Waals surface area contributed by atoms with Gasteiger partial charge in [0.05, 0.1) is 0 Å². The molecular formula is C43H80N2O. The van der Waals surface area contributed by atoms with Gasteiger partial charge in [-0.05, 0) is 104 Å². The van der Waals surface area contributed by atoms with Crippen LogP contribution in [0.2, 0.25) is 0 Å². The van der Waals surface area contributed by atoms with Gasteiger partial charge >= 0.3 is 0 Å². The van der Waals surface area contributed by atoms with Crippen LogP contribution in [-0.4, -0.2) is 43.7 Å². The van der Waals surface area contributed by atoms with Crippen LogP contribution in [0.4, 0.5) is 0 Å². The van der Waals surface area contributed by atoms with Crippen LogP contribution in [0.25, 0.3) is 0 Å². The minimum absolute atomic E-state index is 0.932. The fourth-order valence-electron chi connectivity index (χ4n) is 5.58. The Balaban J connectivity index is 4.01. The molecule has 0 amide bonds. The van der Waals surface area contributed by atoms with Crippen LogP contribution in [0.3, 0.4) is 0 Å². The quantitative estimate of drug-likeness (QED) is 0.0293. The van der Waals surface area contributed by atoms with Crippen molar-refractivity contribution in [1.29, 1.82) is 0 Å². The van der Waals surface area contributed by atoms with E-state index in [1.54, 1.807) is 0 Å². The molecule has 0 aromatic carbocycles. The number of hydroxylamine groups is 2. The molecule has 0 aliphatic rings. The molecule has 0 radical (unpaired) electrons. The molecule has 3 heteroatoms. The first-order chi connectivity index (χ1) is 22.6. The zero-order chi connectivity index (χ0) is 33.6. The third kappa shape index (κ3) is 36.9. The average molecular weight is 641 g/mol. The Kier molecular flexibility index (Phi) is 36.6. The fraction of sp³-hybridized carbons (Fsp3) is 0.767. The molecule has 0 atom stereocenters. The number of hydrogen-bond acceptors (Lipinski definition) is 3. The molecule has 0 spiro atoms. The maximum atomic E-state index is 6.28. The Labute approximate surface area is 289 Å². The molecule has 0 N–H and O–H groups in total. The number of unbranched alkanes of at least 4 members (excludes halogenated alkanes) is 18. The van der Waals surface area contributed by atoms with Gasteiger partial charge < -0.3 is 9.74 Å². The van der Waals surface area contributed by atoms with Crippen molar-refractivity contribution >= 4 is 0 Å². The number of hydrogen-bond donors (Lipinski definition) is 0. The highest BCUT2D eigenvalue weighted by Gasteiger charge is 2.08. The first-order valence-corrected chi connectivity index (χ1v) is 20.0. The molecule has 0 aromatic heterocycles. The Morgan fingerprint density at radius 1 is 0.457 bits per heavy atom. The van der Waals surface area contributed by atoms with Crippen LogP contribution >= 0.6 is 0 Å². The summed E-state index contributed by atoms with van der Waals surface area (Å²) in [5, 5.41) is 2.23. The third-order valence-corrected chi connectivity index (χ3v) is 8.54. The van der Waals surface area contributed by atoms with Crippen LogP contribution in [-0.2, 0) is 4.84 Å². The van der Waals surface area contributed by atoms with Gasteiger partial charge in [0.15, 0.2) is 0 Å². The van der Waals surface area contributed by atoms with Gasteiger partial charge in [0.2, 0.25) is 0 Å². The number of nitrogens with zero attached hydrogens (tertiary/aromatic N) is 2. The van der Waals surface area contributed by atoms with Crippen molar-refractivity contribution in [3.63, 3.8) is 0 Å². The maximum Gasteiger partial charge on any atom is 0.117 e. The lowest BCUT2D eigenvalue weighted by molar-refractivity contribution is -0.124. The van der Waals surface area contributed by atoms with E-state index in [0.29, 0.717) is 0 Å². The Bertz CT molecular complexity index is 687. The predicted octanol–water partition coefficient (Wildman–Crippen LogP) is 13.7. The minimum Gasteiger partial charge on any atom is -0.411 e. The van der Waals surface area contributed by atoms with E-state index in [1.807, 2.05) is 0 Å². The zero-order valence-electron chi connectivity index (χ0n) is 31.6. The second kappa shape index (κ2) is 37.9. The van der Waals surface area contributed by atoms with E-state index in [-0.39, 0.29) is 0 Å². The lowest BCUT2D eigenvalue weighted by Crippen LogP contribution is -2.26. The van der Waals surface area contributed by atoms with E-state index >= 15 is 0 Å². The second-order valence-electron chi connectivity index (χ2n) is 13.6. The smallest absolute Gasteiger partial charge is 0.117 e. The van der Waals surface area contributed by atoms with Crippen LogP contribution in [0.5, 0.6) is 0 Å². The Hall–Kier alpha value is -1.58. The van der Waals surface area contributed by atoms with Crippen molar-refractivity contribution < 1.29 is 4.84 Å². The largest absolute Gasteiger partial charge is 0.411 e. The first-order valence-electron chi connectivity index (χ1n) is 20.0. The van der Waals surface area contributed by atoms with Gasteiger partial charge in [-0.1, -0.05) is 146 Å². The molecule has 3 nitrogen and oxygen atoms in total. The third-order valence-electron chi connectivity index (χ3n) is 8.54. The highest BCUT2D eigenvalue weighted by Crippen LogP contribution is 2.14. The van der Waals surface area contributed by atoms with E-state index < -0.39 is 0 Å². The van der Waals surface area contributed by atoms with Crippen LogP contribution in [0.1, 0.15) is 181 Å². The van der Waals surface area contributed by atoms with Crippen molar-refractivity contribution in [2.24, 2.45) is 0 Å². The van der Waals surface area contributed by atoms with Crippen molar-refractivity contribution in [3.05, 3.63) is 60.9 Å². The molecule has 0 unspecified atom stereocenters. The zero-order valence-corrected chi connectivity index (χ0v) is 31.6. The molecule has 0 heterocycles. The summed E-state index contributed by atoms with van der Waals surface area (Å²) < 4.78 is 0. The second-order valence-corrected chi connectivity index (χ2v) is 13.6. The van der Waals surface area contributed by atoms with Gasteiger partial charge in [0.1, 0.15) is 5.76 Å². The summed E-state index contributed by atoms with van der Waals surface area (Å²) in [5.41, 5.74) is 0. The fourth-order valence-corrected chi connectivity index (χ4v) is 5.58. The molecule has 0 aliphatic heterocycles. The van der Waals surface area contributed by atoms with E-state index in [2.05, 4.69) is 93.1 Å². The highest BCUT2D eigenvalue weighted by atomic mass is 16.7. The van der Waals surface area contributed by atoms with E-state index in [0.717, 1.165) is 51.1 Å². The first kappa shape index (κ1) is 44.4. The Morgan fingerprint density at radius 3 is 1.22 bits per heavy atom. The van der Waals surface area contributed by atoms with E-state index in [1.165, 1.54) is 141 Å². The molecule has 0 rings (SSSR count). The van der Waals surface area contributed by atoms with Gasteiger partial charge in [-0.15, -0.1) is 5.06 Å². The summed E-state index contributed by atoms with van der Waals surface area (Å²) >= 11 is 0. The average Bonchev–Trinajstić information content (AvgIpc) is 3.04. The maximum absolute atomic E-state index is 6.28. The van der Waals surface area contributed by atoms with Crippen molar-refractivity contribution in [1.82, 2.24) is 9.96 Å². The van der Waals surface area contributed by atoms with E-state index in [9.17, 15) is 0 Å². The van der Waals surface area contributed by atoms with E-state index in [4.69, 9.17) is 4.84 Å². The molecular weight excluding hydrogens is 560 g/mol. The van der Waals surface area contributed by atoms with Crippen LogP contribution in [0.15, 0.2) is 60.9 Å². The summed E-state index contributed by atoms with van der Waals surface area (Å²) in [5.74, 6) is 0.932. The summed E-state index contributed by atoms with van der Waals surface area (Å²) in [7, 11) is 4.26. The molecule has 268 valence electrons. The van der Waals surface area contributed by atoms with Gasteiger partial charge in [-0.2, -0.15) is 0 Å². The van der Waals surface area contributed by atoms with Gasteiger partial charge in [-0.3, -0.25) is 0 Å². The van der Waals surface area contributed by atoms with Gasteiger partial charge in [0, 0.05) is 19.5 Å². The number of rotatable bonds is 36. The molecule has 0 aliphatic carbocycles. The molecule has 0 fully saturated rings.